The van der Waals surface area contributed by atoms with E-state index in [1.165, 1.54) is 13.2 Å². The first-order chi connectivity index (χ1) is 18.9. The van der Waals surface area contributed by atoms with E-state index >= 15 is 0 Å². The number of oxime groups is 1. The van der Waals surface area contributed by atoms with Crippen molar-refractivity contribution in [3.63, 3.8) is 0 Å². The average Bonchev–Trinajstić information content (AvgIpc) is 3.48. The van der Waals surface area contributed by atoms with Gasteiger partial charge in [-0.3, -0.25) is 9.48 Å². The third-order valence-corrected chi connectivity index (χ3v) is 6.94. The predicted molar refractivity (Wildman–Crippen MR) is 142 cm³/mol. The number of aryl methyl sites for hydroxylation is 2. The molecular weight excluding hydrogens is 525 g/mol. The molecule has 2 atom stereocenters. The zero-order valence-electron chi connectivity index (χ0n) is 22.6. The van der Waals surface area contributed by atoms with E-state index < -0.39 is 11.9 Å². The summed E-state index contributed by atoms with van der Waals surface area (Å²) in [5, 5.41) is 16.5. The molecule has 40 heavy (non-hydrogen) atoms. The van der Waals surface area contributed by atoms with Crippen molar-refractivity contribution in [2.75, 3.05) is 5.32 Å². The molecule has 1 amide bonds. The first-order valence-electron chi connectivity index (χ1n) is 13.0. The summed E-state index contributed by atoms with van der Waals surface area (Å²) in [6, 6.07) is 7.38. The molecule has 0 spiro atoms. The second kappa shape index (κ2) is 10.4. The van der Waals surface area contributed by atoms with Crippen LogP contribution in [-0.4, -0.2) is 37.7 Å². The second-order valence-corrected chi connectivity index (χ2v) is 11.0. The number of carbonyl (C=O) groups is 1. The number of amides is 1. The van der Waals surface area contributed by atoms with Crippen LogP contribution < -0.4 is 16.0 Å². The van der Waals surface area contributed by atoms with Gasteiger partial charge in [0, 0.05) is 24.2 Å². The normalized spacial score (nSPS) is 19.1. The van der Waals surface area contributed by atoms with Crippen LogP contribution in [0.5, 0.6) is 0 Å². The van der Waals surface area contributed by atoms with Gasteiger partial charge in [-0.05, 0) is 42.5 Å². The van der Waals surface area contributed by atoms with Crippen LogP contribution in [0.25, 0.3) is 11.3 Å². The van der Waals surface area contributed by atoms with Gasteiger partial charge in [0.25, 0.3) is 5.91 Å². The minimum absolute atomic E-state index is 0.0247. The molecule has 0 bridgehead atoms. The number of aromatic nitrogens is 4. The van der Waals surface area contributed by atoms with Gasteiger partial charge in [0.15, 0.2) is 5.69 Å². The van der Waals surface area contributed by atoms with E-state index in [0.717, 1.165) is 53.3 Å². The van der Waals surface area contributed by atoms with Gasteiger partial charge in [0.2, 0.25) is 18.0 Å². The number of rotatable bonds is 5. The largest absolute Gasteiger partial charge is 0.435 e. The second-order valence-electron chi connectivity index (χ2n) is 11.0. The Labute approximate surface area is 229 Å². The molecule has 3 aromatic rings. The summed E-state index contributed by atoms with van der Waals surface area (Å²) in [6.45, 7) is 5.99. The molecule has 3 N–H and O–H groups in total. The molecule has 1 aliphatic heterocycles. The fraction of sp³-hybridized carbons (Fsp3) is 0.444. The fourth-order valence-corrected chi connectivity index (χ4v) is 4.85. The van der Waals surface area contributed by atoms with Crippen LogP contribution in [0.4, 0.5) is 24.8 Å². The lowest BCUT2D eigenvalue weighted by Gasteiger charge is -2.24. The Morgan fingerprint density at radius 3 is 2.70 bits per heavy atom. The Morgan fingerprint density at radius 1 is 1.18 bits per heavy atom. The standard InChI is InChI=1S/C27H31F3N8O2/c1-26(2,3)24-36-22(37-40-24)23(39)33-19-8-6-5-7-15-13-16(9-10-17(15)19)18-11-12-31-25(34-18)35-20-14-32-38(4)21(20)27(28,29)30/h9-14,19,24H,5-8H2,1-4H3,(H,33,39)(H,36,37)(H,31,34,35). The summed E-state index contributed by atoms with van der Waals surface area (Å²) in [5.74, 6) is -0.142. The van der Waals surface area contributed by atoms with E-state index in [1.54, 1.807) is 6.07 Å². The SMILES string of the molecule is Cn1ncc(Nc2nccc(-c3ccc4c(c3)CCCCC4NC(=O)C3=NOC(C(C)(C)C)N3)n2)c1C(F)(F)F. The smallest absolute Gasteiger partial charge is 0.368 e. The van der Waals surface area contributed by atoms with Gasteiger partial charge in [-0.1, -0.05) is 44.5 Å². The highest BCUT2D eigenvalue weighted by molar-refractivity contribution is 6.38. The summed E-state index contributed by atoms with van der Waals surface area (Å²) in [7, 11) is 1.23. The van der Waals surface area contributed by atoms with Crippen molar-refractivity contribution in [1.82, 2.24) is 30.4 Å². The highest BCUT2D eigenvalue weighted by Crippen LogP contribution is 2.36. The van der Waals surface area contributed by atoms with Crippen LogP contribution in [0.15, 0.2) is 41.8 Å². The molecule has 10 nitrogen and oxygen atoms in total. The molecular formula is C27H31F3N8O2. The number of anilines is 2. The molecule has 0 saturated heterocycles. The molecule has 1 aromatic carbocycles. The number of alkyl halides is 3. The summed E-state index contributed by atoms with van der Waals surface area (Å²) in [6.07, 6.45) is 1.11. The van der Waals surface area contributed by atoms with Crippen LogP contribution in [-0.2, 0) is 29.3 Å². The number of hydrogen-bond donors (Lipinski definition) is 3. The van der Waals surface area contributed by atoms with E-state index in [-0.39, 0.29) is 41.1 Å². The zero-order chi connectivity index (χ0) is 28.7. The van der Waals surface area contributed by atoms with Crippen LogP contribution in [0, 0.1) is 5.41 Å². The average molecular weight is 557 g/mol. The zero-order valence-corrected chi connectivity index (χ0v) is 22.6. The maximum absolute atomic E-state index is 13.5. The number of nitrogens with one attached hydrogen (secondary N) is 3. The molecule has 13 heteroatoms. The van der Waals surface area contributed by atoms with Gasteiger partial charge < -0.3 is 20.8 Å². The Bertz CT molecular complexity index is 1440. The molecule has 0 fully saturated rings. The van der Waals surface area contributed by atoms with Gasteiger partial charge in [-0.15, -0.1) is 0 Å². The quantitative estimate of drug-likeness (QED) is 0.385. The Morgan fingerprint density at radius 2 is 1.98 bits per heavy atom. The maximum atomic E-state index is 13.5. The highest BCUT2D eigenvalue weighted by Gasteiger charge is 2.38. The molecule has 0 saturated carbocycles. The third-order valence-electron chi connectivity index (χ3n) is 6.94. The molecule has 2 aliphatic rings. The summed E-state index contributed by atoms with van der Waals surface area (Å²) >= 11 is 0. The number of halogens is 3. The fourth-order valence-electron chi connectivity index (χ4n) is 4.85. The van der Waals surface area contributed by atoms with Crippen molar-refractivity contribution >= 4 is 23.4 Å². The van der Waals surface area contributed by atoms with E-state index in [1.807, 2.05) is 39.0 Å². The molecule has 1 aliphatic carbocycles. The number of nitrogens with zero attached hydrogens (tertiary/aromatic N) is 5. The number of carbonyl (C=O) groups excluding carboxylic acids is 1. The van der Waals surface area contributed by atoms with Gasteiger partial charge in [-0.25, -0.2) is 9.97 Å². The summed E-state index contributed by atoms with van der Waals surface area (Å²) in [4.78, 5) is 26.9. The lowest BCUT2D eigenvalue weighted by Crippen LogP contribution is -2.46. The molecule has 2 aromatic heterocycles. The van der Waals surface area contributed by atoms with E-state index in [2.05, 4.69) is 36.2 Å². The molecule has 0 radical (unpaired) electrons. The highest BCUT2D eigenvalue weighted by atomic mass is 19.4. The lowest BCUT2D eigenvalue weighted by molar-refractivity contribution is -0.143. The van der Waals surface area contributed by atoms with Gasteiger partial charge in [-0.2, -0.15) is 18.3 Å². The topological polar surface area (TPSA) is 118 Å². The molecule has 2 unspecified atom stereocenters. The van der Waals surface area contributed by atoms with E-state index in [0.29, 0.717) is 5.69 Å². The Hall–Kier alpha value is -4.16. The van der Waals surface area contributed by atoms with Crippen molar-refractivity contribution in [3.8, 4) is 11.3 Å². The number of fused-ring (bicyclic) bond motifs is 1. The van der Waals surface area contributed by atoms with E-state index in [9.17, 15) is 18.0 Å². The van der Waals surface area contributed by atoms with E-state index in [4.69, 9.17) is 4.84 Å². The van der Waals surface area contributed by atoms with Crippen molar-refractivity contribution < 1.29 is 22.8 Å². The first-order valence-corrected chi connectivity index (χ1v) is 13.0. The maximum Gasteiger partial charge on any atom is 0.435 e. The van der Waals surface area contributed by atoms with Gasteiger partial charge in [0.1, 0.15) is 0 Å². The lowest BCUT2D eigenvalue weighted by atomic mass is 9.94. The third kappa shape index (κ3) is 5.73. The molecule has 5 rings (SSSR count). The summed E-state index contributed by atoms with van der Waals surface area (Å²) in [5.41, 5.74) is 2.06. The monoisotopic (exact) mass is 556 g/mol. The Kier molecular flexibility index (Phi) is 7.15. The minimum atomic E-state index is -4.59. The molecule has 212 valence electrons. The predicted octanol–water partition coefficient (Wildman–Crippen LogP) is 4.83. The molecule has 3 heterocycles. The number of benzene rings is 1. The van der Waals surface area contributed by atoms with Gasteiger partial charge >= 0.3 is 6.18 Å². The van der Waals surface area contributed by atoms with Crippen molar-refractivity contribution in [2.24, 2.45) is 17.6 Å². The van der Waals surface area contributed by atoms with Crippen molar-refractivity contribution in [1.29, 1.82) is 0 Å². The van der Waals surface area contributed by atoms with Crippen molar-refractivity contribution in [3.05, 3.63) is 53.5 Å². The van der Waals surface area contributed by atoms with Crippen molar-refractivity contribution in [2.45, 2.75) is 64.9 Å². The number of amidine groups is 1. The van der Waals surface area contributed by atoms with Gasteiger partial charge in [0.05, 0.1) is 23.6 Å². The van der Waals surface area contributed by atoms with Crippen LogP contribution >= 0.6 is 0 Å². The minimum Gasteiger partial charge on any atom is -0.368 e. The first kappa shape index (κ1) is 27.4. The van der Waals surface area contributed by atoms with Crippen LogP contribution in [0.3, 0.4) is 0 Å². The van der Waals surface area contributed by atoms with Crippen LogP contribution in [0.1, 0.15) is 62.9 Å². The summed E-state index contributed by atoms with van der Waals surface area (Å²) < 4.78 is 41.1. The number of hydrogen-bond acceptors (Lipinski definition) is 8. The van der Waals surface area contributed by atoms with Crippen LogP contribution in [0.2, 0.25) is 0 Å². The Balaban J connectivity index is 1.35.